The second-order valence-electron chi connectivity index (χ2n) is 6.11. The number of epoxide rings is 1. The molecule has 1 heterocycles. The van der Waals surface area contributed by atoms with Gasteiger partial charge in [0.15, 0.2) is 16.6 Å². The van der Waals surface area contributed by atoms with Crippen molar-refractivity contribution in [2.75, 3.05) is 19.8 Å². The molecule has 0 amide bonds. The first-order valence-corrected chi connectivity index (χ1v) is 12.7. The highest BCUT2D eigenvalue weighted by Crippen LogP contribution is 2.19. The second kappa shape index (κ2) is 5.77. The fraction of sp³-hybridized carbons (Fsp3) is 1.00. The van der Waals surface area contributed by atoms with Crippen molar-refractivity contribution in [1.82, 2.24) is 0 Å². The van der Waals surface area contributed by atoms with Crippen LogP contribution < -0.4 is 0 Å². The van der Waals surface area contributed by atoms with Gasteiger partial charge in [0, 0.05) is 6.61 Å². The molecule has 1 saturated heterocycles. The molecule has 1 fully saturated rings. The second-order valence-corrected chi connectivity index (χ2v) is 15.2. The summed E-state index contributed by atoms with van der Waals surface area (Å²) in [6.07, 6.45) is 1.51. The van der Waals surface area contributed by atoms with Crippen LogP contribution in [-0.4, -0.2) is 42.6 Å². The molecule has 1 unspecified atom stereocenters. The van der Waals surface area contributed by atoms with E-state index in [-0.39, 0.29) is 0 Å². The van der Waals surface area contributed by atoms with Gasteiger partial charge in [0.05, 0.1) is 13.2 Å². The Bertz CT molecular complexity index is 210. The molecule has 16 heavy (non-hydrogen) atoms. The van der Waals surface area contributed by atoms with Gasteiger partial charge in [-0.15, -0.1) is 0 Å². The van der Waals surface area contributed by atoms with Crippen molar-refractivity contribution >= 4 is 16.6 Å². The molecule has 0 aromatic heterocycles. The van der Waals surface area contributed by atoms with Crippen LogP contribution in [0.5, 0.6) is 0 Å². The average molecular weight is 262 g/mol. The van der Waals surface area contributed by atoms with Gasteiger partial charge in [-0.25, -0.2) is 0 Å². The molecule has 0 radical (unpaired) electrons. The van der Waals surface area contributed by atoms with Crippen LogP contribution in [0.25, 0.3) is 0 Å². The Balaban J connectivity index is 2.04. The molecular weight excluding hydrogens is 236 g/mol. The molecule has 0 aromatic carbocycles. The molecule has 0 N–H and O–H groups in total. The van der Waals surface area contributed by atoms with Gasteiger partial charge in [-0.05, 0) is 45.2 Å². The van der Waals surface area contributed by atoms with Crippen LogP contribution in [0.4, 0.5) is 0 Å². The Labute approximate surface area is 102 Å². The number of hydrogen-bond donors (Lipinski definition) is 0. The monoisotopic (exact) mass is 262 g/mol. The number of ether oxygens (including phenoxy) is 2. The molecule has 0 aliphatic carbocycles. The summed E-state index contributed by atoms with van der Waals surface area (Å²) < 4.78 is 16.9. The van der Waals surface area contributed by atoms with Crippen LogP contribution in [0.3, 0.4) is 0 Å². The van der Waals surface area contributed by atoms with E-state index in [1.807, 2.05) is 0 Å². The number of rotatable bonds is 8. The normalized spacial score (nSPS) is 21.2. The summed E-state index contributed by atoms with van der Waals surface area (Å²) >= 11 is 0. The zero-order valence-corrected chi connectivity index (χ0v) is 13.3. The standard InChI is InChI=1S/C11H26O3Si2/c1-15(2,3)14-16(4,5)8-6-7-12-9-11-10-13-11/h11H,6-10H2,1-5H3. The fourth-order valence-electron chi connectivity index (χ4n) is 1.86. The predicted molar refractivity (Wildman–Crippen MR) is 71.9 cm³/mol. The summed E-state index contributed by atoms with van der Waals surface area (Å²) in [5.41, 5.74) is 0. The van der Waals surface area contributed by atoms with E-state index >= 15 is 0 Å². The van der Waals surface area contributed by atoms with Crippen molar-refractivity contribution in [3.63, 3.8) is 0 Å². The molecule has 1 aliphatic rings. The molecule has 5 heteroatoms. The highest BCUT2D eigenvalue weighted by Gasteiger charge is 2.29. The zero-order chi connectivity index (χ0) is 12.2. The first-order valence-electron chi connectivity index (χ1n) is 6.18. The maximum atomic E-state index is 6.26. The van der Waals surface area contributed by atoms with E-state index in [1.54, 1.807) is 0 Å². The molecule has 0 aromatic rings. The summed E-state index contributed by atoms with van der Waals surface area (Å²) in [6.45, 7) is 13.9. The highest BCUT2D eigenvalue weighted by atomic mass is 28.4. The quantitative estimate of drug-likeness (QED) is 0.383. The smallest absolute Gasteiger partial charge is 0.173 e. The van der Waals surface area contributed by atoms with Gasteiger partial charge in [0.2, 0.25) is 0 Å². The van der Waals surface area contributed by atoms with Crippen LogP contribution in [0, 0.1) is 0 Å². The summed E-state index contributed by atoms with van der Waals surface area (Å²) in [4.78, 5) is 0. The lowest BCUT2D eigenvalue weighted by atomic mass is 10.5. The van der Waals surface area contributed by atoms with E-state index in [9.17, 15) is 0 Å². The molecule has 0 bridgehead atoms. The predicted octanol–water partition coefficient (Wildman–Crippen LogP) is 2.85. The fourth-order valence-corrected chi connectivity index (χ4v) is 9.89. The van der Waals surface area contributed by atoms with E-state index in [0.717, 1.165) is 26.2 Å². The van der Waals surface area contributed by atoms with Gasteiger partial charge in [0.1, 0.15) is 6.10 Å². The minimum Gasteiger partial charge on any atom is -0.456 e. The Morgan fingerprint density at radius 2 is 1.81 bits per heavy atom. The van der Waals surface area contributed by atoms with Crippen LogP contribution in [-0.2, 0) is 13.6 Å². The van der Waals surface area contributed by atoms with E-state index in [1.165, 1.54) is 6.04 Å². The molecule has 96 valence electrons. The third-order valence-electron chi connectivity index (χ3n) is 2.36. The first-order chi connectivity index (χ1) is 7.29. The first kappa shape index (κ1) is 14.4. The van der Waals surface area contributed by atoms with Gasteiger partial charge in [-0.3, -0.25) is 0 Å². The van der Waals surface area contributed by atoms with E-state index in [0.29, 0.717) is 6.10 Å². The Morgan fingerprint density at radius 1 is 1.19 bits per heavy atom. The SMILES string of the molecule is C[Si](C)(C)O[Si](C)(C)CCCOCC1CO1. The maximum Gasteiger partial charge on any atom is 0.173 e. The van der Waals surface area contributed by atoms with E-state index in [2.05, 4.69) is 32.7 Å². The minimum atomic E-state index is -1.45. The third kappa shape index (κ3) is 7.56. The third-order valence-corrected chi connectivity index (χ3v) is 8.57. The van der Waals surface area contributed by atoms with Crippen molar-refractivity contribution in [2.24, 2.45) is 0 Å². The molecule has 1 rings (SSSR count). The van der Waals surface area contributed by atoms with Crippen molar-refractivity contribution in [2.45, 2.75) is 51.3 Å². The maximum absolute atomic E-state index is 6.26. The lowest BCUT2D eigenvalue weighted by Gasteiger charge is -2.31. The van der Waals surface area contributed by atoms with Crippen molar-refractivity contribution < 1.29 is 13.6 Å². The van der Waals surface area contributed by atoms with Gasteiger partial charge in [0.25, 0.3) is 0 Å². The van der Waals surface area contributed by atoms with E-state index < -0.39 is 16.6 Å². The molecule has 1 atom stereocenters. The Morgan fingerprint density at radius 3 is 2.31 bits per heavy atom. The largest absolute Gasteiger partial charge is 0.456 e. The number of hydrogen-bond acceptors (Lipinski definition) is 3. The Kier molecular flexibility index (Phi) is 5.19. The zero-order valence-electron chi connectivity index (χ0n) is 11.3. The van der Waals surface area contributed by atoms with Crippen LogP contribution >= 0.6 is 0 Å². The highest BCUT2D eigenvalue weighted by molar-refractivity contribution is 6.84. The summed E-state index contributed by atoms with van der Waals surface area (Å²) in [6, 6.07) is 1.20. The topological polar surface area (TPSA) is 31.0 Å². The summed E-state index contributed by atoms with van der Waals surface area (Å²) in [5, 5.41) is 0. The molecule has 0 saturated carbocycles. The van der Waals surface area contributed by atoms with Crippen LogP contribution in [0.15, 0.2) is 0 Å². The molecule has 3 nitrogen and oxygen atoms in total. The van der Waals surface area contributed by atoms with Crippen molar-refractivity contribution in [1.29, 1.82) is 0 Å². The van der Waals surface area contributed by atoms with Gasteiger partial charge < -0.3 is 13.6 Å². The Hall–Kier alpha value is 0.314. The molecular formula is C11H26O3Si2. The minimum absolute atomic E-state index is 0.392. The molecule has 0 spiro atoms. The summed E-state index contributed by atoms with van der Waals surface area (Å²) in [5.74, 6) is 0. The summed E-state index contributed by atoms with van der Waals surface area (Å²) in [7, 11) is -2.82. The van der Waals surface area contributed by atoms with Crippen molar-refractivity contribution in [3.8, 4) is 0 Å². The van der Waals surface area contributed by atoms with Crippen molar-refractivity contribution in [3.05, 3.63) is 0 Å². The van der Waals surface area contributed by atoms with Crippen LogP contribution in [0.2, 0.25) is 38.8 Å². The lowest BCUT2D eigenvalue weighted by molar-refractivity contribution is 0.116. The average Bonchev–Trinajstić information content (AvgIpc) is 2.82. The van der Waals surface area contributed by atoms with Gasteiger partial charge in [-0.2, -0.15) is 0 Å². The lowest BCUT2D eigenvalue weighted by Crippen LogP contribution is -2.42. The van der Waals surface area contributed by atoms with Crippen LogP contribution in [0.1, 0.15) is 6.42 Å². The molecule has 1 aliphatic heterocycles. The van der Waals surface area contributed by atoms with Gasteiger partial charge >= 0.3 is 0 Å². The van der Waals surface area contributed by atoms with Gasteiger partial charge in [-0.1, -0.05) is 0 Å². The van der Waals surface area contributed by atoms with E-state index in [4.69, 9.17) is 13.6 Å².